The van der Waals surface area contributed by atoms with Crippen LogP contribution in [0.4, 0.5) is 5.82 Å². The van der Waals surface area contributed by atoms with Crippen LogP contribution in [0, 0.1) is 22.7 Å². The van der Waals surface area contributed by atoms with E-state index in [0.29, 0.717) is 31.7 Å². The number of carbonyl (C=O) groups excluding carboxylic acids is 1. The van der Waals surface area contributed by atoms with Crippen molar-refractivity contribution in [2.24, 2.45) is 0 Å². The molecular weight excluding hydrogens is 402 g/mol. The average molecular weight is 423 g/mol. The molecule has 2 aromatic heterocycles. The molecule has 3 rings (SSSR count). The lowest BCUT2D eigenvalue weighted by molar-refractivity contribution is -0.132. The van der Waals surface area contributed by atoms with Crippen molar-refractivity contribution in [3.63, 3.8) is 0 Å². The van der Waals surface area contributed by atoms with Crippen LogP contribution in [-0.4, -0.2) is 72.0 Å². The van der Waals surface area contributed by atoms with E-state index in [0.717, 1.165) is 5.82 Å². The molecule has 0 aromatic carbocycles. The zero-order valence-corrected chi connectivity index (χ0v) is 16.8. The van der Waals surface area contributed by atoms with Crippen LogP contribution in [0.25, 0.3) is 0 Å². The van der Waals surface area contributed by atoms with Gasteiger partial charge >= 0.3 is 0 Å². The molecule has 0 spiro atoms. The van der Waals surface area contributed by atoms with Crippen LogP contribution < -0.4 is 15.2 Å². The topological polar surface area (TPSA) is 148 Å². The van der Waals surface area contributed by atoms with E-state index in [-0.39, 0.29) is 43.5 Å². The van der Waals surface area contributed by atoms with Crippen LogP contribution >= 0.6 is 0 Å². The number of H-pyrrole nitrogens is 1. The van der Waals surface area contributed by atoms with Gasteiger partial charge in [0, 0.05) is 32.4 Å². The Labute approximate surface area is 178 Å². The van der Waals surface area contributed by atoms with Crippen molar-refractivity contribution in [3.05, 3.63) is 46.0 Å². The molecule has 1 aliphatic rings. The van der Waals surface area contributed by atoms with E-state index in [4.69, 9.17) is 20.0 Å². The minimum absolute atomic E-state index is 0.0129. The first kappa shape index (κ1) is 21.7. The van der Waals surface area contributed by atoms with Crippen LogP contribution in [0.3, 0.4) is 0 Å². The summed E-state index contributed by atoms with van der Waals surface area (Å²) in [6.07, 6.45) is 3.06. The zero-order chi connectivity index (χ0) is 22.1. The second-order valence-corrected chi connectivity index (χ2v) is 6.65. The molecule has 2 aromatic rings. The molecule has 0 atom stereocenters. The number of nitrogens with one attached hydrogen (secondary N) is 1. The highest BCUT2D eigenvalue weighted by Gasteiger charge is 2.21. The molecule has 0 unspecified atom stereocenters. The summed E-state index contributed by atoms with van der Waals surface area (Å²) in [7, 11) is 0. The van der Waals surface area contributed by atoms with Gasteiger partial charge in [-0.15, -0.1) is 0 Å². The monoisotopic (exact) mass is 423 g/mol. The fourth-order valence-electron chi connectivity index (χ4n) is 3.05. The highest BCUT2D eigenvalue weighted by Crippen LogP contribution is 2.14. The van der Waals surface area contributed by atoms with E-state index in [1.54, 1.807) is 23.2 Å². The van der Waals surface area contributed by atoms with Gasteiger partial charge in [-0.05, 0) is 12.1 Å². The van der Waals surface area contributed by atoms with Crippen molar-refractivity contribution in [2.75, 3.05) is 50.9 Å². The first-order valence-electron chi connectivity index (χ1n) is 9.69. The molecule has 0 radical (unpaired) electrons. The molecule has 11 nitrogen and oxygen atoms in total. The maximum Gasteiger partial charge on any atom is 0.285 e. The van der Waals surface area contributed by atoms with E-state index >= 15 is 0 Å². The number of nitriles is 2. The third-order valence-electron chi connectivity index (χ3n) is 4.71. The number of carbonyl (C=O) groups is 1. The Morgan fingerprint density at radius 3 is 2.58 bits per heavy atom. The summed E-state index contributed by atoms with van der Waals surface area (Å²) in [6.45, 7) is 3.12. The largest absolute Gasteiger partial charge is 0.488 e. The molecule has 0 aliphatic carbocycles. The number of pyridine rings is 1. The smallest absolute Gasteiger partial charge is 0.285 e. The van der Waals surface area contributed by atoms with Gasteiger partial charge in [0.2, 0.25) is 5.91 Å². The van der Waals surface area contributed by atoms with E-state index < -0.39 is 5.56 Å². The lowest BCUT2D eigenvalue weighted by Crippen LogP contribution is -2.49. The Hall–Kier alpha value is -3.96. The quantitative estimate of drug-likeness (QED) is 0.581. The van der Waals surface area contributed by atoms with E-state index in [1.165, 1.54) is 6.20 Å². The van der Waals surface area contributed by atoms with Crippen LogP contribution in [0.15, 0.2) is 29.3 Å². The molecule has 160 valence electrons. The number of amides is 1. The lowest BCUT2D eigenvalue weighted by Gasteiger charge is -2.35. The van der Waals surface area contributed by atoms with Gasteiger partial charge in [0.1, 0.15) is 24.6 Å². The average Bonchev–Trinajstić information content (AvgIpc) is 2.81. The van der Waals surface area contributed by atoms with E-state index in [1.807, 2.05) is 12.1 Å². The van der Waals surface area contributed by atoms with Gasteiger partial charge in [0.05, 0.1) is 31.4 Å². The number of rotatable bonds is 8. The molecule has 1 fully saturated rings. The second kappa shape index (κ2) is 10.7. The summed E-state index contributed by atoms with van der Waals surface area (Å²) in [6, 6.07) is 7.35. The maximum absolute atomic E-state index is 12.4. The molecule has 1 amide bonds. The van der Waals surface area contributed by atoms with Gasteiger partial charge in [-0.1, -0.05) is 0 Å². The summed E-state index contributed by atoms with van der Waals surface area (Å²) in [4.78, 5) is 32.0. The molecular formula is C20H21N7O4. The third-order valence-corrected chi connectivity index (χ3v) is 4.71. The standard InChI is InChI=1S/C20H21N7O4/c21-11-15-1-2-18(23-13-15)26-4-6-27(7-5-26)19(28)3-8-30-9-10-31-17-14-24-25-20(29)16(17)12-22/h1-2,13-14H,3-10H2,(H,25,29). The van der Waals surface area contributed by atoms with Crippen molar-refractivity contribution < 1.29 is 14.3 Å². The molecule has 1 N–H and O–H groups in total. The minimum Gasteiger partial charge on any atom is -0.488 e. The van der Waals surface area contributed by atoms with Crippen LogP contribution in [0.5, 0.6) is 5.75 Å². The number of ether oxygens (including phenoxy) is 2. The second-order valence-electron chi connectivity index (χ2n) is 6.65. The summed E-state index contributed by atoms with van der Waals surface area (Å²) in [5, 5.41) is 23.6. The highest BCUT2D eigenvalue weighted by molar-refractivity contribution is 5.76. The number of anilines is 1. The Bertz CT molecular complexity index is 1030. The van der Waals surface area contributed by atoms with Crippen molar-refractivity contribution in [2.45, 2.75) is 6.42 Å². The summed E-state index contributed by atoms with van der Waals surface area (Å²) in [5.41, 5.74) is -0.232. The predicted molar refractivity (Wildman–Crippen MR) is 108 cm³/mol. The van der Waals surface area contributed by atoms with Gasteiger partial charge in [-0.25, -0.2) is 10.1 Å². The van der Waals surface area contributed by atoms with Gasteiger partial charge in [-0.2, -0.15) is 15.6 Å². The summed E-state index contributed by atoms with van der Waals surface area (Å²) < 4.78 is 10.8. The van der Waals surface area contributed by atoms with Crippen molar-refractivity contribution in [1.29, 1.82) is 10.5 Å². The van der Waals surface area contributed by atoms with Gasteiger partial charge < -0.3 is 19.3 Å². The SMILES string of the molecule is N#Cc1ccc(N2CCN(C(=O)CCOCCOc3cn[nH]c(=O)c3C#N)CC2)nc1. The third kappa shape index (κ3) is 5.78. The van der Waals surface area contributed by atoms with E-state index in [2.05, 4.69) is 20.1 Å². The van der Waals surface area contributed by atoms with Crippen molar-refractivity contribution in [1.82, 2.24) is 20.1 Å². The van der Waals surface area contributed by atoms with Crippen LogP contribution in [0.2, 0.25) is 0 Å². The first-order chi connectivity index (χ1) is 15.1. The van der Waals surface area contributed by atoms with Crippen molar-refractivity contribution in [3.8, 4) is 17.9 Å². The van der Waals surface area contributed by atoms with E-state index in [9.17, 15) is 9.59 Å². The summed E-state index contributed by atoms with van der Waals surface area (Å²) >= 11 is 0. The maximum atomic E-state index is 12.4. The number of aromatic amines is 1. The molecule has 1 aliphatic heterocycles. The fourth-order valence-corrected chi connectivity index (χ4v) is 3.05. The molecule has 3 heterocycles. The molecule has 1 saturated heterocycles. The minimum atomic E-state index is -0.610. The molecule has 11 heteroatoms. The zero-order valence-electron chi connectivity index (χ0n) is 16.8. The number of hydrogen-bond donors (Lipinski definition) is 1. The van der Waals surface area contributed by atoms with Gasteiger partial charge in [0.25, 0.3) is 5.56 Å². The number of piperazine rings is 1. The summed E-state index contributed by atoms with van der Waals surface area (Å²) in [5.74, 6) is 0.907. The Balaban J connectivity index is 1.33. The van der Waals surface area contributed by atoms with Gasteiger partial charge in [-0.3, -0.25) is 9.59 Å². The predicted octanol–water partition coefficient (Wildman–Crippen LogP) is 0.0426. The molecule has 0 bridgehead atoms. The Morgan fingerprint density at radius 2 is 1.90 bits per heavy atom. The van der Waals surface area contributed by atoms with Gasteiger partial charge in [0.15, 0.2) is 11.3 Å². The molecule has 0 saturated carbocycles. The highest BCUT2D eigenvalue weighted by atomic mass is 16.5. The Morgan fingerprint density at radius 1 is 1.10 bits per heavy atom. The lowest BCUT2D eigenvalue weighted by atomic mass is 10.2. The van der Waals surface area contributed by atoms with Crippen LogP contribution in [-0.2, 0) is 9.53 Å². The van der Waals surface area contributed by atoms with Crippen LogP contribution in [0.1, 0.15) is 17.5 Å². The molecule has 31 heavy (non-hydrogen) atoms. The number of aromatic nitrogens is 3. The normalized spacial score (nSPS) is 13.4. The first-order valence-corrected chi connectivity index (χ1v) is 9.69. The Kier molecular flexibility index (Phi) is 7.51. The number of hydrogen-bond acceptors (Lipinski definition) is 9. The van der Waals surface area contributed by atoms with Crippen molar-refractivity contribution >= 4 is 11.7 Å². The number of nitrogens with zero attached hydrogens (tertiary/aromatic N) is 6. The fraction of sp³-hybridized carbons (Fsp3) is 0.400.